The predicted octanol–water partition coefficient (Wildman–Crippen LogP) is 2.09. The molecule has 102 valence electrons. The lowest BCUT2D eigenvalue weighted by atomic mass is 10.3. The molecule has 0 aliphatic heterocycles. The molecule has 18 heavy (non-hydrogen) atoms. The molecule has 0 radical (unpaired) electrons. The molecule has 0 saturated carbocycles. The summed E-state index contributed by atoms with van der Waals surface area (Å²) in [6.07, 6.45) is 0.110. The van der Waals surface area contributed by atoms with Gasteiger partial charge >= 0.3 is 0 Å². The average Bonchev–Trinajstić information content (AvgIpc) is 2.35. The van der Waals surface area contributed by atoms with Gasteiger partial charge in [0.05, 0.1) is 13.2 Å². The molecule has 0 fully saturated rings. The third kappa shape index (κ3) is 5.89. The number of benzene rings is 1. The second kappa shape index (κ2) is 8.78. The maximum absolute atomic E-state index is 5.80. The van der Waals surface area contributed by atoms with E-state index in [2.05, 4.69) is 5.32 Å². The minimum Gasteiger partial charge on any atom is -0.494 e. The molecule has 0 heterocycles. The third-order valence-electron chi connectivity index (χ3n) is 2.37. The molecule has 1 aromatic rings. The standard InChI is InChI=1S/C14H23NO3/c1-4-17-13-6-5-7-14(10-13)18-12(2)11-15-8-9-16-3/h5-7,10,12,15H,4,8-9,11H2,1-3H3. The number of nitrogens with one attached hydrogen (secondary N) is 1. The van der Waals surface area contributed by atoms with Crippen LogP contribution < -0.4 is 14.8 Å². The van der Waals surface area contributed by atoms with Crippen molar-refractivity contribution in [1.82, 2.24) is 5.32 Å². The van der Waals surface area contributed by atoms with Gasteiger partial charge in [-0.15, -0.1) is 0 Å². The molecule has 1 N–H and O–H groups in total. The maximum atomic E-state index is 5.80. The monoisotopic (exact) mass is 253 g/mol. The van der Waals surface area contributed by atoms with Crippen LogP contribution in [0, 0.1) is 0 Å². The molecule has 0 bridgehead atoms. The van der Waals surface area contributed by atoms with E-state index in [-0.39, 0.29) is 6.10 Å². The van der Waals surface area contributed by atoms with Crippen molar-refractivity contribution in [3.05, 3.63) is 24.3 Å². The summed E-state index contributed by atoms with van der Waals surface area (Å²) in [5, 5.41) is 3.26. The van der Waals surface area contributed by atoms with Gasteiger partial charge in [0.1, 0.15) is 17.6 Å². The largest absolute Gasteiger partial charge is 0.494 e. The fraction of sp³-hybridized carbons (Fsp3) is 0.571. The lowest BCUT2D eigenvalue weighted by molar-refractivity contribution is 0.184. The van der Waals surface area contributed by atoms with Crippen LogP contribution in [0.15, 0.2) is 24.3 Å². The summed E-state index contributed by atoms with van der Waals surface area (Å²) >= 11 is 0. The van der Waals surface area contributed by atoms with Crippen molar-refractivity contribution in [2.45, 2.75) is 20.0 Å². The highest BCUT2D eigenvalue weighted by molar-refractivity contribution is 5.33. The van der Waals surface area contributed by atoms with E-state index >= 15 is 0 Å². The Hall–Kier alpha value is -1.26. The fourth-order valence-electron chi connectivity index (χ4n) is 1.56. The van der Waals surface area contributed by atoms with Gasteiger partial charge in [0.25, 0.3) is 0 Å². The minimum absolute atomic E-state index is 0.110. The van der Waals surface area contributed by atoms with Gasteiger partial charge in [0.15, 0.2) is 0 Å². The lowest BCUT2D eigenvalue weighted by Crippen LogP contribution is -2.31. The smallest absolute Gasteiger partial charge is 0.123 e. The first-order valence-electron chi connectivity index (χ1n) is 6.35. The van der Waals surface area contributed by atoms with Crippen LogP contribution in [0.2, 0.25) is 0 Å². The molecule has 1 rings (SSSR count). The van der Waals surface area contributed by atoms with E-state index in [0.717, 1.165) is 24.6 Å². The Morgan fingerprint density at radius 3 is 2.78 bits per heavy atom. The molecular weight excluding hydrogens is 230 g/mol. The van der Waals surface area contributed by atoms with E-state index in [1.165, 1.54) is 0 Å². The summed E-state index contributed by atoms with van der Waals surface area (Å²) in [4.78, 5) is 0. The predicted molar refractivity (Wildman–Crippen MR) is 72.4 cm³/mol. The number of hydrogen-bond acceptors (Lipinski definition) is 4. The van der Waals surface area contributed by atoms with Crippen molar-refractivity contribution in [3.63, 3.8) is 0 Å². The molecular formula is C14H23NO3. The highest BCUT2D eigenvalue weighted by Crippen LogP contribution is 2.20. The Labute approximate surface area is 109 Å². The average molecular weight is 253 g/mol. The molecule has 0 saturated heterocycles. The van der Waals surface area contributed by atoms with E-state index in [0.29, 0.717) is 13.2 Å². The van der Waals surface area contributed by atoms with Gasteiger partial charge < -0.3 is 19.5 Å². The zero-order valence-electron chi connectivity index (χ0n) is 11.4. The molecule has 1 unspecified atom stereocenters. The maximum Gasteiger partial charge on any atom is 0.123 e. The minimum atomic E-state index is 0.110. The van der Waals surface area contributed by atoms with Gasteiger partial charge in [0.2, 0.25) is 0 Å². The topological polar surface area (TPSA) is 39.7 Å². The number of methoxy groups -OCH3 is 1. The Morgan fingerprint density at radius 2 is 2.06 bits per heavy atom. The molecule has 1 aromatic carbocycles. The third-order valence-corrected chi connectivity index (χ3v) is 2.37. The van der Waals surface area contributed by atoms with E-state index in [4.69, 9.17) is 14.2 Å². The van der Waals surface area contributed by atoms with Crippen LogP contribution in [-0.2, 0) is 4.74 Å². The molecule has 0 spiro atoms. The number of hydrogen-bond donors (Lipinski definition) is 1. The molecule has 0 aliphatic rings. The Morgan fingerprint density at radius 1 is 1.28 bits per heavy atom. The van der Waals surface area contributed by atoms with Gasteiger partial charge in [-0.2, -0.15) is 0 Å². The molecule has 0 aliphatic carbocycles. The van der Waals surface area contributed by atoms with Crippen molar-refractivity contribution in [2.24, 2.45) is 0 Å². The summed E-state index contributed by atoms with van der Waals surface area (Å²) in [5.41, 5.74) is 0. The number of rotatable bonds is 9. The van der Waals surface area contributed by atoms with Crippen molar-refractivity contribution in [3.8, 4) is 11.5 Å². The highest BCUT2D eigenvalue weighted by Gasteiger charge is 2.04. The summed E-state index contributed by atoms with van der Waals surface area (Å²) in [6.45, 7) is 7.01. The summed E-state index contributed by atoms with van der Waals surface area (Å²) in [7, 11) is 1.70. The van der Waals surface area contributed by atoms with Gasteiger partial charge in [-0.05, 0) is 26.0 Å². The molecule has 0 aromatic heterocycles. The van der Waals surface area contributed by atoms with Crippen molar-refractivity contribution in [2.75, 3.05) is 33.4 Å². The normalized spacial score (nSPS) is 12.2. The van der Waals surface area contributed by atoms with E-state index in [1.54, 1.807) is 7.11 Å². The summed E-state index contributed by atoms with van der Waals surface area (Å²) < 4.78 is 16.2. The van der Waals surface area contributed by atoms with Crippen molar-refractivity contribution >= 4 is 0 Å². The Bertz CT molecular complexity index is 331. The lowest BCUT2D eigenvalue weighted by Gasteiger charge is -2.16. The molecule has 4 heteroatoms. The summed E-state index contributed by atoms with van der Waals surface area (Å²) in [5.74, 6) is 1.68. The highest BCUT2D eigenvalue weighted by atomic mass is 16.5. The first-order valence-corrected chi connectivity index (χ1v) is 6.35. The molecule has 1 atom stereocenters. The van der Waals surface area contributed by atoms with Crippen molar-refractivity contribution in [1.29, 1.82) is 0 Å². The second-order valence-electron chi connectivity index (χ2n) is 4.03. The first kappa shape index (κ1) is 14.8. The van der Waals surface area contributed by atoms with Crippen LogP contribution in [-0.4, -0.2) is 39.5 Å². The van der Waals surface area contributed by atoms with E-state index < -0.39 is 0 Å². The van der Waals surface area contributed by atoms with Crippen LogP contribution >= 0.6 is 0 Å². The van der Waals surface area contributed by atoms with E-state index in [1.807, 2.05) is 38.1 Å². The van der Waals surface area contributed by atoms with Crippen LogP contribution in [0.1, 0.15) is 13.8 Å². The summed E-state index contributed by atoms with van der Waals surface area (Å²) in [6, 6.07) is 7.71. The quantitative estimate of drug-likeness (QED) is 0.684. The van der Waals surface area contributed by atoms with Crippen LogP contribution in [0.4, 0.5) is 0 Å². The van der Waals surface area contributed by atoms with Gasteiger partial charge in [-0.3, -0.25) is 0 Å². The van der Waals surface area contributed by atoms with Gasteiger partial charge in [-0.25, -0.2) is 0 Å². The molecule has 0 amide bonds. The zero-order chi connectivity index (χ0) is 13.2. The van der Waals surface area contributed by atoms with Gasteiger partial charge in [-0.1, -0.05) is 6.07 Å². The SMILES string of the molecule is CCOc1cccc(OC(C)CNCCOC)c1. The second-order valence-corrected chi connectivity index (χ2v) is 4.03. The Kier molecular flexibility index (Phi) is 7.22. The van der Waals surface area contributed by atoms with Crippen LogP contribution in [0.25, 0.3) is 0 Å². The fourth-order valence-corrected chi connectivity index (χ4v) is 1.56. The van der Waals surface area contributed by atoms with Gasteiger partial charge in [0, 0.05) is 26.3 Å². The van der Waals surface area contributed by atoms with Crippen molar-refractivity contribution < 1.29 is 14.2 Å². The van der Waals surface area contributed by atoms with E-state index in [9.17, 15) is 0 Å². The zero-order valence-corrected chi connectivity index (χ0v) is 11.4. The first-order chi connectivity index (χ1) is 8.76. The number of ether oxygens (including phenoxy) is 3. The van der Waals surface area contributed by atoms with Crippen LogP contribution in [0.3, 0.4) is 0 Å². The van der Waals surface area contributed by atoms with Crippen LogP contribution in [0.5, 0.6) is 11.5 Å². The molecule has 4 nitrogen and oxygen atoms in total. The Balaban J connectivity index is 2.34.